The number of esters is 1. The molecule has 1 aliphatic carbocycles. The summed E-state index contributed by atoms with van der Waals surface area (Å²) in [5, 5.41) is 0. The lowest BCUT2D eigenvalue weighted by atomic mass is 9.85. The second-order valence-electron chi connectivity index (χ2n) is 6.40. The van der Waals surface area contributed by atoms with E-state index in [1.54, 1.807) is 0 Å². The van der Waals surface area contributed by atoms with Crippen molar-refractivity contribution in [3.63, 3.8) is 0 Å². The van der Waals surface area contributed by atoms with Crippen LogP contribution >= 0.6 is 0 Å². The summed E-state index contributed by atoms with van der Waals surface area (Å²) in [7, 11) is 1.47. The van der Waals surface area contributed by atoms with E-state index in [9.17, 15) is 4.79 Å². The Morgan fingerprint density at radius 2 is 1.70 bits per heavy atom. The Kier molecular flexibility index (Phi) is 5.12. The Hall–Kier alpha value is -2.09. The fraction of sp³-hybridized carbons (Fsp3) is 0.381. The standard InChI is InChI=1S/C21H24O2/c1-23-21(22)15-14-18-8-5-9-20(18)19-12-10-17(11-13-19)16-6-3-2-4-7-16/h2-4,6-7,10-13,18,20H,5,8-9,14-15H2,1H3. The molecule has 0 saturated heterocycles. The molecule has 3 rings (SSSR count). The molecule has 120 valence electrons. The Balaban J connectivity index is 1.69. The van der Waals surface area contributed by atoms with Crippen LogP contribution in [0.15, 0.2) is 54.6 Å². The van der Waals surface area contributed by atoms with Crippen molar-refractivity contribution < 1.29 is 9.53 Å². The summed E-state index contributed by atoms with van der Waals surface area (Å²) in [5.74, 6) is 1.11. The number of carbonyl (C=O) groups is 1. The van der Waals surface area contributed by atoms with Gasteiger partial charge in [-0.25, -0.2) is 0 Å². The smallest absolute Gasteiger partial charge is 0.305 e. The molecule has 2 heteroatoms. The average molecular weight is 308 g/mol. The number of carbonyl (C=O) groups excluding carboxylic acids is 1. The molecule has 1 saturated carbocycles. The first-order valence-electron chi connectivity index (χ1n) is 8.50. The van der Waals surface area contributed by atoms with Crippen molar-refractivity contribution >= 4 is 5.97 Å². The minimum atomic E-state index is -0.0879. The predicted octanol–water partition coefficient (Wildman–Crippen LogP) is 5.19. The van der Waals surface area contributed by atoms with Crippen molar-refractivity contribution in [1.82, 2.24) is 0 Å². The van der Waals surface area contributed by atoms with E-state index in [-0.39, 0.29) is 5.97 Å². The maximum atomic E-state index is 11.4. The van der Waals surface area contributed by atoms with Gasteiger partial charge in [0.2, 0.25) is 0 Å². The van der Waals surface area contributed by atoms with Crippen molar-refractivity contribution in [2.45, 2.75) is 38.0 Å². The van der Waals surface area contributed by atoms with Crippen LogP contribution in [0.1, 0.15) is 43.6 Å². The SMILES string of the molecule is COC(=O)CCC1CCCC1c1ccc(-c2ccccc2)cc1. The van der Waals surface area contributed by atoms with Crippen LogP contribution in [0.25, 0.3) is 11.1 Å². The van der Waals surface area contributed by atoms with E-state index in [1.165, 1.54) is 43.1 Å². The van der Waals surface area contributed by atoms with E-state index in [2.05, 4.69) is 48.5 Å². The molecule has 0 spiro atoms. The first kappa shape index (κ1) is 15.8. The van der Waals surface area contributed by atoms with Gasteiger partial charge in [-0.1, -0.05) is 61.0 Å². The molecule has 1 aliphatic rings. The van der Waals surface area contributed by atoms with Crippen molar-refractivity contribution in [1.29, 1.82) is 0 Å². The first-order chi connectivity index (χ1) is 11.3. The van der Waals surface area contributed by atoms with Crippen molar-refractivity contribution in [3.8, 4) is 11.1 Å². The summed E-state index contributed by atoms with van der Waals surface area (Å²) in [4.78, 5) is 11.4. The van der Waals surface area contributed by atoms with E-state index in [1.807, 2.05) is 6.07 Å². The zero-order valence-corrected chi connectivity index (χ0v) is 13.7. The third-order valence-corrected chi connectivity index (χ3v) is 5.05. The summed E-state index contributed by atoms with van der Waals surface area (Å²) in [5.41, 5.74) is 3.93. The van der Waals surface area contributed by atoms with Crippen LogP contribution in [0.5, 0.6) is 0 Å². The molecule has 1 fully saturated rings. The Morgan fingerprint density at radius 3 is 2.39 bits per heavy atom. The van der Waals surface area contributed by atoms with Gasteiger partial charge >= 0.3 is 5.97 Å². The summed E-state index contributed by atoms with van der Waals surface area (Å²) >= 11 is 0. The highest BCUT2D eigenvalue weighted by Gasteiger charge is 2.28. The van der Waals surface area contributed by atoms with Gasteiger partial charge in [0.15, 0.2) is 0 Å². The van der Waals surface area contributed by atoms with E-state index in [0.29, 0.717) is 18.3 Å². The second kappa shape index (κ2) is 7.45. The molecule has 0 bridgehead atoms. The zero-order chi connectivity index (χ0) is 16.1. The van der Waals surface area contributed by atoms with Gasteiger partial charge in [0, 0.05) is 6.42 Å². The van der Waals surface area contributed by atoms with Gasteiger partial charge in [-0.3, -0.25) is 4.79 Å². The first-order valence-corrected chi connectivity index (χ1v) is 8.50. The fourth-order valence-electron chi connectivity index (χ4n) is 3.78. The molecular formula is C21H24O2. The third-order valence-electron chi connectivity index (χ3n) is 5.05. The van der Waals surface area contributed by atoms with Crippen molar-refractivity contribution in [2.24, 2.45) is 5.92 Å². The molecule has 2 aromatic carbocycles. The maximum absolute atomic E-state index is 11.4. The summed E-state index contributed by atoms with van der Waals surface area (Å²) in [6.07, 6.45) is 5.20. The summed E-state index contributed by atoms with van der Waals surface area (Å²) < 4.78 is 4.78. The van der Waals surface area contributed by atoms with Crippen LogP contribution in [0.4, 0.5) is 0 Å². The molecule has 23 heavy (non-hydrogen) atoms. The van der Waals surface area contributed by atoms with Gasteiger partial charge in [0.05, 0.1) is 7.11 Å². The lowest BCUT2D eigenvalue weighted by Crippen LogP contribution is -2.10. The van der Waals surface area contributed by atoms with Gasteiger partial charge in [-0.05, 0) is 47.8 Å². The van der Waals surface area contributed by atoms with E-state index in [4.69, 9.17) is 4.74 Å². The lowest BCUT2D eigenvalue weighted by molar-refractivity contribution is -0.140. The van der Waals surface area contributed by atoms with E-state index >= 15 is 0 Å². The molecule has 2 atom stereocenters. The highest BCUT2D eigenvalue weighted by molar-refractivity contribution is 5.69. The molecule has 0 aromatic heterocycles. The Bertz CT molecular complexity index is 631. The van der Waals surface area contributed by atoms with Gasteiger partial charge in [0.1, 0.15) is 0 Å². The molecule has 2 unspecified atom stereocenters. The predicted molar refractivity (Wildman–Crippen MR) is 93.2 cm³/mol. The van der Waals surface area contributed by atoms with Crippen LogP contribution < -0.4 is 0 Å². The number of ether oxygens (including phenoxy) is 1. The van der Waals surface area contributed by atoms with Crippen LogP contribution in [-0.4, -0.2) is 13.1 Å². The number of rotatable bonds is 5. The largest absolute Gasteiger partial charge is 0.469 e. The topological polar surface area (TPSA) is 26.3 Å². The number of hydrogen-bond acceptors (Lipinski definition) is 2. The average Bonchev–Trinajstić information content (AvgIpc) is 3.09. The van der Waals surface area contributed by atoms with Crippen LogP contribution in [0, 0.1) is 5.92 Å². The van der Waals surface area contributed by atoms with Crippen molar-refractivity contribution in [2.75, 3.05) is 7.11 Å². The molecule has 0 aliphatic heterocycles. The number of benzene rings is 2. The van der Waals surface area contributed by atoms with Crippen LogP contribution in [0.3, 0.4) is 0 Å². The summed E-state index contributed by atoms with van der Waals surface area (Å²) in [6, 6.07) is 19.5. The van der Waals surface area contributed by atoms with E-state index < -0.39 is 0 Å². The van der Waals surface area contributed by atoms with Crippen LogP contribution in [0.2, 0.25) is 0 Å². The zero-order valence-electron chi connectivity index (χ0n) is 13.7. The van der Waals surface area contributed by atoms with Crippen molar-refractivity contribution in [3.05, 3.63) is 60.2 Å². The quantitative estimate of drug-likeness (QED) is 0.710. The monoisotopic (exact) mass is 308 g/mol. The van der Waals surface area contributed by atoms with Gasteiger partial charge in [-0.15, -0.1) is 0 Å². The van der Waals surface area contributed by atoms with Crippen LogP contribution in [-0.2, 0) is 9.53 Å². The normalized spacial score (nSPS) is 20.4. The second-order valence-corrected chi connectivity index (χ2v) is 6.40. The fourth-order valence-corrected chi connectivity index (χ4v) is 3.78. The minimum absolute atomic E-state index is 0.0879. The molecule has 2 aromatic rings. The molecular weight excluding hydrogens is 284 g/mol. The Morgan fingerprint density at radius 1 is 1.00 bits per heavy atom. The highest BCUT2D eigenvalue weighted by atomic mass is 16.5. The highest BCUT2D eigenvalue weighted by Crippen LogP contribution is 2.42. The molecule has 0 N–H and O–H groups in total. The summed E-state index contributed by atoms with van der Waals surface area (Å²) in [6.45, 7) is 0. The number of methoxy groups -OCH3 is 1. The number of hydrogen-bond donors (Lipinski definition) is 0. The minimum Gasteiger partial charge on any atom is -0.469 e. The van der Waals surface area contributed by atoms with Gasteiger partial charge in [-0.2, -0.15) is 0 Å². The Labute approximate surface area is 138 Å². The third kappa shape index (κ3) is 3.82. The lowest BCUT2D eigenvalue weighted by Gasteiger charge is -2.20. The molecule has 0 radical (unpaired) electrons. The molecule has 0 amide bonds. The molecule has 0 heterocycles. The maximum Gasteiger partial charge on any atom is 0.305 e. The molecule has 2 nitrogen and oxygen atoms in total. The van der Waals surface area contributed by atoms with E-state index in [0.717, 1.165) is 6.42 Å². The van der Waals surface area contributed by atoms with Gasteiger partial charge in [0.25, 0.3) is 0 Å². The van der Waals surface area contributed by atoms with Gasteiger partial charge < -0.3 is 4.74 Å².